The van der Waals surface area contributed by atoms with E-state index >= 15 is 0 Å². The van der Waals surface area contributed by atoms with Crippen molar-refractivity contribution < 1.29 is 14.4 Å². The number of nitrogens with zero attached hydrogens (tertiary/aromatic N) is 3. The predicted molar refractivity (Wildman–Crippen MR) is 98.2 cm³/mol. The molecular weight excluding hydrogens is 374 g/mol. The Morgan fingerprint density at radius 3 is 2.31 bits per heavy atom. The van der Waals surface area contributed by atoms with Gasteiger partial charge in [0, 0.05) is 6.54 Å². The monoisotopic (exact) mass is 393 g/mol. The summed E-state index contributed by atoms with van der Waals surface area (Å²) in [6.07, 6.45) is 3.95. The maximum absolute atomic E-state index is 12.7. The molecule has 3 amide bonds. The van der Waals surface area contributed by atoms with Crippen LogP contribution in [0, 0.1) is 13.8 Å². The molecule has 2 aromatic rings. The Morgan fingerprint density at radius 2 is 1.77 bits per heavy atom. The first kappa shape index (κ1) is 18.5. The number of aryl methyl sites for hydroxylation is 2. The lowest BCUT2D eigenvalue weighted by molar-refractivity contribution is -0.125. The first-order valence-electron chi connectivity index (χ1n) is 8.07. The zero-order chi connectivity index (χ0) is 18.9. The minimum atomic E-state index is -1.29. The Labute approximate surface area is 158 Å². The molecule has 26 heavy (non-hydrogen) atoms. The third kappa shape index (κ3) is 3.61. The van der Waals surface area contributed by atoms with E-state index in [0.717, 1.165) is 10.0 Å². The van der Waals surface area contributed by atoms with E-state index in [4.69, 9.17) is 5.73 Å². The Hall–Kier alpha value is -2.33. The molecule has 1 unspecified atom stereocenters. The number of rotatable bonds is 4. The number of amides is 3. The van der Waals surface area contributed by atoms with E-state index in [-0.39, 0.29) is 12.5 Å². The lowest BCUT2D eigenvalue weighted by atomic mass is 9.87. The fourth-order valence-corrected chi connectivity index (χ4v) is 4.37. The van der Waals surface area contributed by atoms with Gasteiger partial charge in [-0.2, -0.15) is 0 Å². The minimum Gasteiger partial charge on any atom is -0.368 e. The van der Waals surface area contributed by atoms with E-state index in [1.807, 2.05) is 6.92 Å². The van der Waals surface area contributed by atoms with Gasteiger partial charge in [0.25, 0.3) is 11.8 Å². The maximum atomic E-state index is 12.7. The van der Waals surface area contributed by atoms with Gasteiger partial charge in [0.15, 0.2) is 0 Å². The van der Waals surface area contributed by atoms with Crippen LogP contribution in [0.5, 0.6) is 0 Å². The molecule has 1 aliphatic rings. The number of carbonyl (C=O) groups is 3. The Morgan fingerprint density at radius 1 is 1.15 bits per heavy atom. The van der Waals surface area contributed by atoms with Gasteiger partial charge < -0.3 is 16.0 Å². The molecule has 1 atom stereocenters. The third-order valence-electron chi connectivity index (χ3n) is 4.28. The van der Waals surface area contributed by atoms with Crippen molar-refractivity contribution in [2.45, 2.75) is 32.2 Å². The summed E-state index contributed by atoms with van der Waals surface area (Å²) in [6.45, 7) is 4.16. The van der Waals surface area contributed by atoms with Crippen LogP contribution >= 0.6 is 22.7 Å². The number of hydrogen-bond donors (Lipinski definition) is 2. The van der Waals surface area contributed by atoms with Gasteiger partial charge in [-0.15, -0.1) is 22.7 Å². The zero-order valence-corrected chi connectivity index (χ0v) is 16.1. The van der Waals surface area contributed by atoms with Crippen molar-refractivity contribution in [3.8, 4) is 0 Å². The molecule has 0 aromatic carbocycles. The van der Waals surface area contributed by atoms with Crippen LogP contribution in [0.4, 0.5) is 0 Å². The number of carbonyl (C=O) groups excluding carboxylic acids is 3. The number of likely N-dealkylation sites (tertiary alicyclic amines) is 1. The van der Waals surface area contributed by atoms with Crippen LogP contribution in [0.1, 0.15) is 42.2 Å². The molecule has 0 saturated carbocycles. The first-order chi connectivity index (χ1) is 12.3. The summed E-state index contributed by atoms with van der Waals surface area (Å²) in [5.74, 6) is -1.26. The lowest BCUT2D eigenvalue weighted by Gasteiger charge is -2.40. The Balaban J connectivity index is 1.80. The highest BCUT2D eigenvalue weighted by Crippen LogP contribution is 2.25. The van der Waals surface area contributed by atoms with Crippen molar-refractivity contribution in [2.24, 2.45) is 5.73 Å². The molecule has 1 saturated heterocycles. The molecule has 1 fully saturated rings. The molecular formula is C16H19N5O3S2. The van der Waals surface area contributed by atoms with Crippen LogP contribution in [-0.2, 0) is 4.79 Å². The third-order valence-corrected chi connectivity index (χ3v) is 6.09. The minimum absolute atomic E-state index is 0.0433. The number of piperidine rings is 1. The highest BCUT2D eigenvalue weighted by Gasteiger charge is 2.44. The van der Waals surface area contributed by atoms with Crippen LogP contribution in [0.25, 0.3) is 0 Å². The van der Waals surface area contributed by atoms with Crippen LogP contribution in [0.3, 0.4) is 0 Å². The van der Waals surface area contributed by atoms with Crippen LogP contribution in [0.15, 0.2) is 12.4 Å². The standard InChI is InChI=1S/C16H19N5O3S2/c1-9-18-6-11(25-9)13(22)20-16(15(17)24)4-3-5-21(8-16)14(23)12-7-19-10(2)26-12/h6-7H,3-5,8H2,1-2H3,(H2,17,24)(H,20,22). The van der Waals surface area contributed by atoms with Gasteiger partial charge in [-0.3, -0.25) is 14.4 Å². The average Bonchev–Trinajstić information content (AvgIpc) is 3.23. The van der Waals surface area contributed by atoms with Gasteiger partial charge in [-0.25, -0.2) is 9.97 Å². The molecule has 0 spiro atoms. The second-order valence-corrected chi connectivity index (χ2v) is 8.69. The molecule has 2 aromatic heterocycles. The molecule has 0 radical (unpaired) electrons. The van der Waals surface area contributed by atoms with Crippen molar-refractivity contribution in [1.29, 1.82) is 0 Å². The van der Waals surface area contributed by atoms with E-state index in [9.17, 15) is 14.4 Å². The summed E-state index contributed by atoms with van der Waals surface area (Å²) in [5.41, 5.74) is 4.34. The molecule has 3 N–H and O–H groups in total. The maximum Gasteiger partial charge on any atom is 0.265 e. The highest BCUT2D eigenvalue weighted by molar-refractivity contribution is 7.13. The Bertz CT molecular complexity index is 862. The van der Waals surface area contributed by atoms with Crippen molar-refractivity contribution in [3.05, 3.63) is 32.2 Å². The average molecular weight is 393 g/mol. The van der Waals surface area contributed by atoms with E-state index in [2.05, 4.69) is 15.3 Å². The SMILES string of the molecule is Cc1ncc(C(=O)NC2(C(N)=O)CCCN(C(=O)c3cnc(C)s3)C2)s1. The van der Waals surface area contributed by atoms with Gasteiger partial charge >= 0.3 is 0 Å². The van der Waals surface area contributed by atoms with Gasteiger partial charge in [0.05, 0.1) is 29.0 Å². The summed E-state index contributed by atoms with van der Waals surface area (Å²) in [6, 6.07) is 0. The number of thiazole rings is 2. The van der Waals surface area contributed by atoms with Crippen molar-refractivity contribution in [1.82, 2.24) is 20.2 Å². The largest absolute Gasteiger partial charge is 0.368 e. The molecule has 3 rings (SSSR count). The van der Waals surface area contributed by atoms with Crippen molar-refractivity contribution in [2.75, 3.05) is 13.1 Å². The second-order valence-electron chi connectivity index (χ2n) is 6.22. The molecule has 0 bridgehead atoms. The number of hydrogen-bond acceptors (Lipinski definition) is 7. The number of aromatic nitrogens is 2. The normalized spacial score (nSPS) is 20.0. The molecule has 1 aliphatic heterocycles. The van der Waals surface area contributed by atoms with Gasteiger partial charge in [-0.05, 0) is 26.7 Å². The van der Waals surface area contributed by atoms with Gasteiger partial charge in [0.1, 0.15) is 15.3 Å². The lowest BCUT2D eigenvalue weighted by Crippen LogP contribution is -2.66. The molecule has 138 valence electrons. The van der Waals surface area contributed by atoms with E-state index < -0.39 is 17.4 Å². The van der Waals surface area contributed by atoms with Crippen LogP contribution in [-0.4, -0.2) is 51.2 Å². The summed E-state index contributed by atoms with van der Waals surface area (Å²) < 4.78 is 0. The van der Waals surface area contributed by atoms with E-state index in [1.54, 1.807) is 11.8 Å². The van der Waals surface area contributed by atoms with Crippen molar-refractivity contribution >= 4 is 40.4 Å². The van der Waals surface area contributed by atoms with Crippen molar-refractivity contribution in [3.63, 3.8) is 0 Å². The molecule has 0 aliphatic carbocycles. The van der Waals surface area contributed by atoms with E-state index in [0.29, 0.717) is 29.1 Å². The Kier molecular flexibility index (Phi) is 5.05. The smallest absolute Gasteiger partial charge is 0.265 e. The summed E-state index contributed by atoms with van der Waals surface area (Å²) >= 11 is 2.54. The second kappa shape index (κ2) is 7.12. The van der Waals surface area contributed by atoms with Gasteiger partial charge in [-0.1, -0.05) is 0 Å². The predicted octanol–water partition coefficient (Wildman–Crippen LogP) is 1.11. The van der Waals surface area contributed by atoms with E-state index in [1.165, 1.54) is 35.1 Å². The summed E-state index contributed by atoms with van der Waals surface area (Å²) in [7, 11) is 0. The topological polar surface area (TPSA) is 118 Å². The van der Waals surface area contributed by atoms with Crippen LogP contribution < -0.4 is 11.1 Å². The summed E-state index contributed by atoms with van der Waals surface area (Å²) in [4.78, 5) is 48.1. The molecule has 3 heterocycles. The number of nitrogens with two attached hydrogens (primary N) is 1. The fourth-order valence-electron chi connectivity index (χ4n) is 2.96. The number of primary amides is 1. The molecule has 10 heteroatoms. The fraction of sp³-hybridized carbons (Fsp3) is 0.438. The first-order valence-corrected chi connectivity index (χ1v) is 9.70. The number of nitrogens with one attached hydrogen (secondary N) is 1. The van der Waals surface area contributed by atoms with Gasteiger partial charge in [0.2, 0.25) is 5.91 Å². The quantitative estimate of drug-likeness (QED) is 0.806. The summed E-state index contributed by atoms with van der Waals surface area (Å²) in [5, 5.41) is 4.30. The zero-order valence-electron chi connectivity index (χ0n) is 14.4. The highest BCUT2D eigenvalue weighted by atomic mass is 32.1. The molecule has 8 nitrogen and oxygen atoms in total. The van der Waals surface area contributed by atoms with Crippen LogP contribution in [0.2, 0.25) is 0 Å².